The highest BCUT2D eigenvalue weighted by Gasteiger charge is 2.14. The Morgan fingerprint density at radius 2 is 0.773 bits per heavy atom. The molecule has 0 amide bonds. The molecular formula is C42H28N2. The number of aromatic nitrogens is 2. The van der Waals surface area contributed by atoms with Crippen LogP contribution in [-0.4, -0.2) is 9.97 Å². The Balaban J connectivity index is 1.25. The summed E-state index contributed by atoms with van der Waals surface area (Å²) in [5.41, 5.74) is 11.1. The summed E-state index contributed by atoms with van der Waals surface area (Å²) in [5.74, 6) is 0.732. The Morgan fingerprint density at radius 3 is 1.41 bits per heavy atom. The van der Waals surface area contributed by atoms with E-state index < -0.39 is 0 Å². The van der Waals surface area contributed by atoms with Crippen molar-refractivity contribution >= 4 is 21.7 Å². The van der Waals surface area contributed by atoms with Crippen LogP contribution in [0.3, 0.4) is 0 Å². The van der Waals surface area contributed by atoms with Gasteiger partial charge in [0, 0.05) is 21.9 Å². The van der Waals surface area contributed by atoms with Gasteiger partial charge < -0.3 is 0 Å². The number of rotatable bonds is 5. The lowest BCUT2D eigenvalue weighted by atomic mass is 9.95. The van der Waals surface area contributed by atoms with E-state index in [0.717, 1.165) is 44.5 Å². The minimum Gasteiger partial charge on any atom is -0.227 e. The summed E-state index contributed by atoms with van der Waals surface area (Å²) in [5, 5.41) is 3.35. The molecule has 8 rings (SSSR count). The van der Waals surface area contributed by atoms with E-state index in [-0.39, 0.29) is 0 Å². The van der Waals surface area contributed by atoms with Crippen molar-refractivity contribution in [2.24, 2.45) is 0 Å². The van der Waals surface area contributed by atoms with Gasteiger partial charge in [-0.1, -0.05) is 146 Å². The summed E-state index contributed by atoms with van der Waals surface area (Å²) in [6.07, 6.45) is 0. The molecule has 2 nitrogen and oxygen atoms in total. The zero-order valence-corrected chi connectivity index (χ0v) is 24.1. The highest BCUT2D eigenvalue weighted by atomic mass is 14.9. The Labute approximate surface area is 257 Å². The minimum absolute atomic E-state index is 0.732. The van der Waals surface area contributed by atoms with Crippen LogP contribution >= 0.6 is 0 Å². The summed E-state index contributed by atoms with van der Waals surface area (Å²) in [6, 6.07) is 59.8. The molecule has 206 valence electrons. The van der Waals surface area contributed by atoms with Gasteiger partial charge >= 0.3 is 0 Å². The summed E-state index contributed by atoms with van der Waals surface area (Å²) in [6.45, 7) is 0. The molecule has 7 aromatic carbocycles. The van der Waals surface area contributed by atoms with Crippen LogP contribution in [0.2, 0.25) is 0 Å². The van der Waals surface area contributed by atoms with Crippen molar-refractivity contribution in [1.82, 2.24) is 9.97 Å². The van der Waals surface area contributed by atoms with Crippen molar-refractivity contribution in [3.8, 4) is 56.0 Å². The fourth-order valence-corrected chi connectivity index (χ4v) is 6.03. The van der Waals surface area contributed by atoms with Crippen molar-refractivity contribution in [3.05, 3.63) is 170 Å². The molecule has 0 bridgehead atoms. The molecule has 8 aromatic rings. The Bertz CT molecular complexity index is 2270. The number of hydrogen-bond donors (Lipinski definition) is 0. The molecule has 2 heteroatoms. The quantitative estimate of drug-likeness (QED) is 0.196. The van der Waals surface area contributed by atoms with Crippen LogP contribution in [0.15, 0.2) is 170 Å². The molecule has 1 aromatic heterocycles. The molecule has 0 saturated carbocycles. The van der Waals surface area contributed by atoms with Gasteiger partial charge in [-0.3, -0.25) is 0 Å². The summed E-state index contributed by atoms with van der Waals surface area (Å²) >= 11 is 0. The van der Waals surface area contributed by atoms with Crippen LogP contribution in [0.1, 0.15) is 0 Å². The van der Waals surface area contributed by atoms with Crippen LogP contribution in [-0.2, 0) is 0 Å². The van der Waals surface area contributed by atoms with Gasteiger partial charge in [0.25, 0.3) is 0 Å². The molecule has 0 fully saturated rings. The van der Waals surface area contributed by atoms with Gasteiger partial charge in [-0.15, -0.1) is 0 Å². The molecule has 0 aliphatic rings. The lowest BCUT2D eigenvalue weighted by molar-refractivity contribution is 1.23. The van der Waals surface area contributed by atoms with E-state index in [2.05, 4.69) is 152 Å². The van der Waals surface area contributed by atoms with Crippen molar-refractivity contribution in [2.75, 3.05) is 0 Å². The highest BCUT2D eigenvalue weighted by molar-refractivity contribution is 6.09. The van der Waals surface area contributed by atoms with Crippen LogP contribution in [0.25, 0.3) is 77.7 Å². The second kappa shape index (κ2) is 11.1. The Morgan fingerprint density at radius 1 is 0.295 bits per heavy atom. The standard InChI is InChI=1S/C42H28N2/c1-3-12-29(13-4-1)32-17-9-18-33(26-32)34-19-10-20-35(27-34)36-21-11-22-37(28-36)40-39-25-24-30-14-7-8-23-38(30)41(39)44-42(43-40)31-15-5-2-6-16-31/h1-28H. The summed E-state index contributed by atoms with van der Waals surface area (Å²) in [4.78, 5) is 10.3. The Hall–Kier alpha value is -5.86. The molecule has 0 aliphatic carbocycles. The molecule has 0 unspecified atom stereocenters. The molecule has 1 heterocycles. The Kier molecular flexibility index (Phi) is 6.51. The molecule has 0 saturated heterocycles. The predicted octanol–water partition coefficient (Wildman–Crippen LogP) is 11.1. The third kappa shape index (κ3) is 4.83. The molecule has 0 radical (unpaired) electrons. The fraction of sp³-hybridized carbons (Fsp3) is 0. The first kappa shape index (κ1) is 25.8. The third-order valence-corrected chi connectivity index (χ3v) is 8.26. The smallest absolute Gasteiger partial charge is 0.160 e. The highest BCUT2D eigenvalue weighted by Crippen LogP contribution is 2.36. The van der Waals surface area contributed by atoms with Crippen molar-refractivity contribution in [2.45, 2.75) is 0 Å². The van der Waals surface area contributed by atoms with Crippen molar-refractivity contribution in [1.29, 1.82) is 0 Å². The van der Waals surface area contributed by atoms with Crippen LogP contribution in [0.5, 0.6) is 0 Å². The number of hydrogen-bond acceptors (Lipinski definition) is 2. The van der Waals surface area contributed by atoms with E-state index >= 15 is 0 Å². The molecule has 44 heavy (non-hydrogen) atoms. The lowest BCUT2D eigenvalue weighted by Gasteiger charge is -2.13. The van der Waals surface area contributed by atoms with Gasteiger partial charge in [0.1, 0.15) is 0 Å². The lowest BCUT2D eigenvalue weighted by Crippen LogP contribution is -1.96. The first-order valence-corrected chi connectivity index (χ1v) is 14.9. The first-order valence-electron chi connectivity index (χ1n) is 14.9. The third-order valence-electron chi connectivity index (χ3n) is 8.26. The first-order chi connectivity index (χ1) is 21.8. The number of benzene rings is 7. The predicted molar refractivity (Wildman–Crippen MR) is 184 cm³/mol. The van der Waals surface area contributed by atoms with E-state index in [1.165, 1.54) is 33.2 Å². The second-order valence-electron chi connectivity index (χ2n) is 11.1. The van der Waals surface area contributed by atoms with Gasteiger partial charge in [0.15, 0.2) is 5.82 Å². The maximum Gasteiger partial charge on any atom is 0.160 e. The normalized spacial score (nSPS) is 11.2. The maximum absolute atomic E-state index is 5.18. The van der Waals surface area contributed by atoms with E-state index in [1.54, 1.807) is 0 Å². The molecule has 0 spiro atoms. The topological polar surface area (TPSA) is 25.8 Å². The number of nitrogens with zero attached hydrogens (tertiary/aromatic N) is 2. The van der Waals surface area contributed by atoms with Crippen LogP contribution < -0.4 is 0 Å². The fourth-order valence-electron chi connectivity index (χ4n) is 6.03. The monoisotopic (exact) mass is 560 g/mol. The van der Waals surface area contributed by atoms with E-state index in [1.807, 2.05) is 18.2 Å². The summed E-state index contributed by atoms with van der Waals surface area (Å²) < 4.78 is 0. The van der Waals surface area contributed by atoms with Gasteiger partial charge in [0.2, 0.25) is 0 Å². The molecular weight excluding hydrogens is 532 g/mol. The zero-order valence-electron chi connectivity index (χ0n) is 24.1. The van der Waals surface area contributed by atoms with Gasteiger partial charge in [-0.2, -0.15) is 0 Å². The average Bonchev–Trinajstić information content (AvgIpc) is 3.12. The van der Waals surface area contributed by atoms with Gasteiger partial charge in [-0.25, -0.2) is 9.97 Å². The SMILES string of the molecule is c1ccc(-c2cccc(-c3cccc(-c4cccc(-c5nc(-c6ccccc6)nc6c5ccc5ccccc56)c4)c3)c2)cc1. The largest absolute Gasteiger partial charge is 0.227 e. The van der Waals surface area contributed by atoms with Crippen molar-refractivity contribution < 1.29 is 0 Å². The zero-order chi connectivity index (χ0) is 29.3. The minimum atomic E-state index is 0.732. The van der Waals surface area contributed by atoms with Crippen LogP contribution in [0, 0.1) is 0 Å². The summed E-state index contributed by atoms with van der Waals surface area (Å²) in [7, 11) is 0. The molecule has 0 aliphatic heterocycles. The van der Waals surface area contributed by atoms with E-state index in [9.17, 15) is 0 Å². The van der Waals surface area contributed by atoms with E-state index in [4.69, 9.17) is 9.97 Å². The van der Waals surface area contributed by atoms with Gasteiger partial charge in [-0.05, 0) is 63.0 Å². The van der Waals surface area contributed by atoms with Crippen LogP contribution in [0.4, 0.5) is 0 Å². The average molecular weight is 561 g/mol. The van der Waals surface area contributed by atoms with E-state index in [0.29, 0.717) is 0 Å². The second-order valence-corrected chi connectivity index (χ2v) is 11.1. The molecule has 0 N–H and O–H groups in total. The number of fused-ring (bicyclic) bond motifs is 3. The van der Waals surface area contributed by atoms with Crippen molar-refractivity contribution in [3.63, 3.8) is 0 Å². The maximum atomic E-state index is 5.18. The molecule has 0 atom stereocenters. The van der Waals surface area contributed by atoms with Gasteiger partial charge in [0.05, 0.1) is 11.2 Å².